The summed E-state index contributed by atoms with van der Waals surface area (Å²) >= 11 is 0. The fourth-order valence-electron chi connectivity index (χ4n) is 6.50. The molecule has 0 bridgehead atoms. The molecule has 0 spiro atoms. The fraction of sp³-hybridized carbons (Fsp3) is 0.386. The number of benzene rings is 3. The number of fused-ring (bicyclic) bond motifs is 1. The summed E-state index contributed by atoms with van der Waals surface area (Å²) in [7, 11) is 0. The molecule has 1 aliphatic rings. The van der Waals surface area contributed by atoms with Gasteiger partial charge in [0.15, 0.2) is 12.3 Å². The Morgan fingerprint density at radius 3 is 2.28 bits per heavy atom. The Balaban J connectivity index is 1.01. The molecule has 0 amide bonds. The predicted molar refractivity (Wildman–Crippen MR) is 209 cm³/mol. The molecule has 6 nitrogen and oxygen atoms in total. The Morgan fingerprint density at radius 1 is 0.780 bits per heavy atom. The molecule has 0 radical (unpaired) electrons. The second kappa shape index (κ2) is 20.2. The zero-order valence-electron chi connectivity index (χ0n) is 30.0. The molecule has 6 heteroatoms. The molecular formula is C44H55N3O3. The SMILES string of the molecule is C=C(CCCCCCC/C=C\C/C=C\C/C=C\CC)OCn1c(=O)oc2c(N3CCN(Cc4cccc(-c5ccccc5)c4)CC3)cccc21. The van der Waals surface area contributed by atoms with Crippen LogP contribution in [0.4, 0.5) is 5.69 Å². The summed E-state index contributed by atoms with van der Waals surface area (Å²) in [6, 6.07) is 25.4. The summed E-state index contributed by atoms with van der Waals surface area (Å²) in [5, 5.41) is 0. The third kappa shape index (κ3) is 11.2. The van der Waals surface area contributed by atoms with Gasteiger partial charge in [0.2, 0.25) is 0 Å². The monoisotopic (exact) mass is 673 g/mol. The molecule has 0 unspecified atom stereocenters. The van der Waals surface area contributed by atoms with Crippen LogP contribution in [-0.2, 0) is 18.0 Å². The van der Waals surface area contributed by atoms with Gasteiger partial charge in [-0.3, -0.25) is 4.90 Å². The number of piperazine rings is 1. The van der Waals surface area contributed by atoms with Crippen molar-refractivity contribution in [3.05, 3.63) is 138 Å². The van der Waals surface area contributed by atoms with Crippen LogP contribution in [0.1, 0.15) is 76.7 Å². The van der Waals surface area contributed by atoms with Crippen LogP contribution in [0.5, 0.6) is 0 Å². The highest BCUT2D eigenvalue weighted by Gasteiger charge is 2.22. The summed E-state index contributed by atoms with van der Waals surface area (Å²) in [6.45, 7) is 10.9. The Hall–Kier alpha value is -4.55. The summed E-state index contributed by atoms with van der Waals surface area (Å²) < 4.78 is 13.3. The number of rotatable bonds is 20. The number of oxazole rings is 1. The Bertz CT molecular complexity index is 1760. The molecule has 0 aliphatic carbocycles. The molecule has 4 aromatic rings. The standard InChI is InChI=1S/C44H55N3O3/c1-3-4-5-6-7-8-9-10-11-12-13-14-15-16-18-23-37(2)49-36-47-42-29-22-28-41(43(42)50-44(47)48)46-32-30-45(31-33-46)35-38-24-21-27-40(34-38)39-25-19-17-20-26-39/h4-5,7-8,10-11,17,19-22,24-29,34H,2-3,6,9,12-16,18,23,30-33,35-36H2,1H3/b5-4-,8-7-,11-10-. The van der Waals surface area contributed by atoms with Crippen LogP contribution in [-0.4, -0.2) is 35.6 Å². The Kier molecular flexibility index (Phi) is 14.8. The smallest absolute Gasteiger partial charge is 0.422 e. The number of aromatic nitrogens is 1. The molecule has 1 aromatic heterocycles. The summed E-state index contributed by atoms with van der Waals surface area (Å²) in [6.07, 6.45) is 24.5. The van der Waals surface area contributed by atoms with E-state index in [0.29, 0.717) is 11.3 Å². The minimum Gasteiger partial charge on any atom is -0.478 e. The van der Waals surface area contributed by atoms with Crippen LogP contribution in [0, 0.1) is 0 Å². The molecule has 0 atom stereocenters. The van der Waals surface area contributed by atoms with E-state index in [-0.39, 0.29) is 6.73 Å². The molecule has 3 aromatic carbocycles. The number of nitrogens with zero attached hydrogens (tertiary/aromatic N) is 3. The van der Waals surface area contributed by atoms with Gasteiger partial charge in [0.1, 0.15) is 0 Å². The molecule has 0 N–H and O–H groups in total. The summed E-state index contributed by atoms with van der Waals surface area (Å²) in [5.74, 6) is 0.320. The number of allylic oxidation sites excluding steroid dienone is 7. The van der Waals surface area contributed by atoms with Crippen molar-refractivity contribution in [3.63, 3.8) is 0 Å². The molecule has 1 aliphatic heterocycles. The Labute approximate surface area is 299 Å². The van der Waals surface area contributed by atoms with Crippen molar-refractivity contribution in [3.8, 4) is 11.1 Å². The molecule has 264 valence electrons. The molecule has 50 heavy (non-hydrogen) atoms. The van der Waals surface area contributed by atoms with Gasteiger partial charge in [0.05, 0.1) is 17.0 Å². The van der Waals surface area contributed by atoms with Crippen molar-refractivity contribution in [1.82, 2.24) is 9.47 Å². The zero-order chi connectivity index (χ0) is 34.8. The minimum atomic E-state index is -0.397. The van der Waals surface area contributed by atoms with E-state index in [4.69, 9.17) is 9.15 Å². The lowest BCUT2D eigenvalue weighted by Crippen LogP contribution is -2.46. The van der Waals surface area contributed by atoms with Crippen molar-refractivity contribution in [2.24, 2.45) is 0 Å². The first-order valence-corrected chi connectivity index (χ1v) is 18.6. The normalized spacial score (nSPS) is 14.1. The Morgan fingerprint density at radius 2 is 1.48 bits per heavy atom. The van der Waals surface area contributed by atoms with Crippen LogP contribution in [0.2, 0.25) is 0 Å². The number of hydrogen-bond donors (Lipinski definition) is 0. The maximum absolute atomic E-state index is 12.9. The predicted octanol–water partition coefficient (Wildman–Crippen LogP) is 10.7. The summed E-state index contributed by atoms with van der Waals surface area (Å²) in [5.41, 5.74) is 6.16. The topological polar surface area (TPSA) is 50.9 Å². The number of ether oxygens (including phenoxy) is 1. The highest BCUT2D eigenvalue weighted by atomic mass is 16.5. The highest BCUT2D eigenvalue weighted by molar-refractivity contribution is 5.87. The van der Waals surface area contributed by atoms with Gasteiger partial charge in [-0.05, 0) is 73.4 Å². The average Bonchev–Trinajstić information content (AvgIpc) is 3.48. The lowest BCUT2D eigenvalue weighted by atomic mass is 10.0. The van der Waals surface area contributed by atoms with Crippen molar-refractivity contribution >= 4 is 16.8 Å². The molecule has 2 heterocycles. The molecular weight excluding hydrogens is 619 g/mol. The van der Waals surface area contributed by atoms with Crippen LogP contribution < -0.4 is 10.7 Å². The van der Waals surface area contributed by atoms with Crippen LogP contribution >= 0.6 is 0 Å². The fourth-order valence-corrected chi connectivity index (χ4v) is 6.50. The lowest BCUT2D eigenvalue weighted by Gasteiger charge is -2.36. The minimum absolute atomic E-state index is 0.112. The van der Waals surface area contributed by atoms with Gasteiger partial charge in [0.25, 0.3) is 0 Å². The first-order chi connectivity index (χ1) is 24.6. The molecule has 5 rings (SSSR count). The first-order valence-electron chi connectivity index (χ1n) is 18.6. The van der Waals surface area contributed by atoms with E-state index in [1.54, 1.807) is 4.57 Å². The maximum atomic E-state index is 12.9. The summed E-state index contributed by atoms with van der Waals surface area (Å²) in [4.78, 5) is 17.8. The van der Waals surface area contributed by atoms with Gasteiger partial charge in [0, 0.05) is 39.1 Å². The maximum Gasteiger partial charge on any atom is 0.422 e. The largest absolute Gasteiger partial charge is 0.478 e. The van der Waals surface area contributed by atoms with E-state index in [1.165, 1.54) is 36.0 Å². The number of unbranched alkanes of at least 4 members (excludes halogenated alkanes) is 5. The first kappa shape index (κ1) is 36.7. The van der Waals surface area contributed by atoms with E-state index < -0.39 is 5.76 Å². The van der Waals surface area contributed by atoms with E-state index in [0.717, 1.165) is 88.9 Å². The third-order valence-electron chi connectivity index (χ3n) is 9.33. The van der Waals surface area contributed by atoms with Gasteiger partial charge in [-0.25, -0.2) is 9.36 Å². The highest BCUT2D eigenvalue weighted by Crippen LogP contribution is 2.28. The van der Waals surface area contributed by atoms with Gasteiger partial charge < -0.3 is 14.1 Å². The second-order valence-corrected chi connectivity index (χ2v) is 13.2. The van der Waals surface area contributed by atoms with Crippen molar-refractivity contribution in [1.29, 1.82) is 0 Å². The number of hydrogen-bond acceptors (Lipinski definition) is 5. The molecule has 1 fully saturated rings. The quantitative estimate of drug-likeness (QED) is 0.0531. The van der Waals surface area contributed by atoms with Crippen molar-refractivity contribution in [2.45, 2.75) is 84.4 Å². The van der Waals surface area contributed by atoms with Crippen LogP contribution in [0.3, 0.4) is 0 Å². The van der Waals surface area contributed by atoms with Gasteiger partial charge in [-0.15, -0.1) is 0 Å². The van der Waals surface area contributed by atoms with Crippen LogP contribution in [0.15, 0.2) is 131 Å². The average molecular weight is 674 g/mol. The van der Waals surface area contributed by atoms with Crippen LogP contribution in [0.25, 0.3) is 22.2 Å². The lowest BCUT2D eigenvalue weighted by molar-refractivity contribution is 0.133. The van der Waals surface area contributed by atoms with Gasteiger partial charge >= 0.3 is 5.76 Å². The van der Waals surface area contributed by atoms with E-state index in [2.05, 4.69) is 120 Å². The second-order valence-electron chi connectivity index (χ2n) is 13.2. The van der Waals surface area contributed by atoms with E-state index in [1.807, 2.05) is 12.1 Å². The van der Waals surface area contributed by atoms with Crippen molar-refractivity contribution < 1.29 is 9.15 Å². The molecule has 1 saturated heterocycles. The van der Waals surface area contributed by atoms with Crippen molar-refractivity contribution in [2.75, 3.05) is 31.1 Å². The number of anilines is 1. The zero-order valence-corrected chi connectivity index (χ0v) is 30.0. The van der Waals surface area contributed by atoms with E-state index >= 15 is 0 Å². The third-order valence-corrected chi connectivity index (χ3v) is 9.33. The number of para-hydroxylation sites is 1. The molecule has 0 saturated carbocycles. The van der Waals surface area contributed by atoms with E-state index in [9.17, 15) is 4.79 Å². The van der Waals surface area contributed by atoms with Gasteiger partial charge in [-0.2, -0.15) is 0 Å². The van der Waals surface area contributed by atoms with Gasteiger partial charge in [-0.1, -0.05) is 124 Å².